The lowest BCUT2D eigenvalue weighted by molar-refractivity contribution is -0.190. The second kappa shape index (κ2) is 14.9. The first kappa shape index (κ1) is 35.5. The van der Waals surface area contributed by atoms with E-state index < -0.39 is 36.4 Å². The van der Waals surface area contributed by atoms with Crippen LogP contribution in [0.2, 0.25) is 0 Å². The smallest absolute Gasteiger partial charge is 0.388 e. The van der Waals surface area contributed by atoms with Crippen molar-refractivity contribution in [3.63, 3.8) is 0 Å². The molecule has 4 aromatic rings. The molecule has 2 fully saturated rings. The Morgan fingerprint density at radius 2 is 1.70 bits per heavy atom. The third kappa shape index (κ3) is 7.54. The number of nitrogens with zero attached hydrogens (tertiary/aromatic N) is 5. The summed E-state index contributed by atoms with van der Waals surface area (Å²) >= 11 is 0. The number of hydrogen-bond donors (Lipinski definition) is 5. The molecule has 2 aromatic heterocycles. The predicted octanol–water partition coefficient (Wildman–Crippen LogP) is 4.73. The molecule has 50 heavy (non-hydrogen) atoms. The largest absolute Gasteiger partial charge is 0.471 e. The molecule has 6 N–H and O–H groups in total. The molecular weight excluding hydrogens is 656 g/mol. The topological polar surface area (TPSA) is 154 Å². The molecule has 0 bridgehead atoms. The van der Waals surface area contributed by atoms with Crippen LogP contribution in [-0.2, 0) is 4.79 Å². The fraction of sp³-hybridized carbons (Fsp3) is 0.486. The van der Waals surface area contributed by atoms with Crippen molar-refractivity contribution in [1.29, 1.82) is 0 Å². The summed E-state index contributed by atoms with van der Waals surface area (Å²) in [5.74, 6) is -1.96. The van der Waals surface area contributed by atoms with E-state index in [2.05, 4.69) is 15.6 Å². The molecule has 1 unspecified atom stereocenters. The van der Waals surface area contributed by atoms with E-state index in [1.807, 2.05) is 30.3 Å². The summed E-state index contributed by atoms with van der Waals surface area (Å²) in [6.07, 6.45) is -3.53. The van der Waals surface area contributed by atoms with Gasteiger partial charge in [-0.05, 0) is 61.8 Å². The van der Waals surface area contributed by atoms with Crippen LogP contribution in [0.15, 0.2) is 60.9 Å². The number of alkyl halides is 3. The molecule has 0 aliphatic heterocycles. The Morgan fingerprint density at radius 3 is 2.36 bits per heavy atom. The van der Waals surface area contributed by atoms with Gasteiger partial charge in [0.05, 0.1) is 18.4 Å². The molecule has 2 aliphatic carbocycles. The monoisotopic (exact) mass is 698 g/mol. The van der Waals surface area contributed by atoms with E-state index in [0.29, 0.717) is 22.8 Å². The number of hydrogen-bond acceptors (Lipinski definition) is 9. The number of anilines is 2. The van der Waals surface area contributed by atoms with Crippen LogP contribution in [0.1, 0.15) is 68.5 Å². The molecule has 2 heterocycles. The van der Waals surface area contributed by atoms with Gasteiger partial charge in [0.15, 0.2) is 17.0 Å². The van der Waals surface area contributed by atoms with Crippen LogP contribution in [0.25, 0.3) is 11.2 Å². The van der Waals surface area contributed by atoms with Crippen molar-refractivity contribution in [3.05, 3.63) is 77.9 Å². The van der Waals surface area contributed by atoms with Crippen LogP contribution >= 0.6 is 0 Å². The molecule has 15 heteroatoms. The molecule has 11 nitrogen and oxygen atoms in total. The zero-order valence-corrected chi connectivity index (χ0v) is 27.6. The van der Waals surface area contributed by atoms with Crippen molar-refractivity contribution < 1.29 is 32.6 Å². The lowest BCUT2D eigenvalue weighted by Crippen LogP contribution is -2.51. The van der Waals surface area contributed by atoms with Gasteiger partial charge >= 0.3 is 12.1 Å². The van der Waals surface area contributed by atoms with Gasteiger partial charge in [-0.15, -0.1) is 0 Å². The van der Waals surface area contributed by atoms with Crippen molar-refractivity contribution in [2.24, 2.45) is 5.73 Å². The maximum Gasteiger partial charge on any atom is 0.471 e. The van der Waals surface area contributed by atoms with Crippen LogP contribution in [0.3, 0.4) is 0 Å². The summed E-state index contributed by atoms with van der Waals surface area (Å²) in [6.45, 7) is 1.73. The molecular formula is C35H42F4N8O3. The van der Waals surface area contributed by atoms with Crippen LogP contribution in [0.5, 0.6) is 0 Å². The van der Waals surface area contributed by atoms with Crippen molar-refractivity contribution in [2.75, 3.05) is 23.7 Å². The Bertz CT molecular complexity index is 1750. The van der Waals surface area contributed by atoms with E-state index in [0.717, 1.165) is 36.8 Å². The van der Waals surface area contributed by atoms with Crippen molar-refractivity contribution in [1.82, 2.24) is 24.4 Å². The number of imidazole rings is 1. The summed E-state index contributed by atoms with van der Waals surface area (Å²) in [5.41, 5.74) is 8.61. The fourth-order valence-corrected chi connectivity index (χ4v) is 7.19. The van der Waals surface area contributed by atoms with Gasteiger partial charge in [-0.2, -0.15) is 23.1 Å². The SMILES string of the molecule is CCCN(C(=O)C(F)(F)F)[C@H]1C[C@@H](n2cnc3c(NCC(c4ccccc4)c4ccc(F)cc4)nc(NC4CCC(N)CC4)nc32)[C@H](O)[C@@H]1O. The van der Waals surface area contributed by atoms with Crippen molar-refractivity contribution >= 4 is 28.8 Å². The molecule has 6 rings (SSSR count). The van der Waals surface area contributed by atoms with Gasteiger partial charge in [-0.1, -0.05) is 49.4 Å². The minimum absolute atomic E-state index is 0.0482. The van der Waals surface area contributed by atoms with Gasteiger partial charge in [-0.25, -0.2) is 9.37 Å². The predicted molar refractivity (Wildman–Crippen MR) is 180 cm³/mol. The number of nitrogens with one attached hydrogen (secondary N) is 2. The molecule has 1 amide bonds. The highest BCUT2D eigenvalue weighted by atomic mass is 19.4. The Morgan fingerprint density at radius 1 is 1.02 bits per heavy atom. The summed E-state index contributed by atoms with van der Waals surface area (Å²) in [7, 11) is 0. The number of carbonyl (C=O) groups is 1. The lowest BCUT2D eigenvalue weighted by Gasteiger charge is -2.31. The van der Waals surface area contributed by atoms with E-state index >= 15 is 0 Å². The zero-order valence-electron chi connectivity index (χ0n) is 27.6. The minimum Gasteiger partial charge on any atom is -0.388 e. The number of rotatable bonds is 11. The van der Waals surface area contributed by atoms with Gasteiger partial charge in [0.1, 0.15) is 18.0 Å². The highest BCUT2D eigenvalue weighted by Crippen LogP contribution is 2.38. The summed E-state index contributed by atoms with van der Waals surface area (Å²) in [4.78, 5) is 27.1. The Hall–Kier alpha value is -4.34. The highest BCUT2D eigenvalue weighted by Gasteiger charge is 2.51. The Kier molecular flexibility index (Phi) is 10.6. The number of carbonyl (C=O) groups excluding carboxylic acids is 1. The first-order chi connectivity index (χ1) is 23.9. The van der Waals surface area contributed by atoms with E-state index in [1.54, 1.807) is 19.1 Å². The van der Waals surface area contributed by atoms with Crippen molar-refractivity contribution in [3.8, 4) is 0 Å². The van der Waals surface area contributed by atoms with E-state index in [1.165, 1.54) is 23.0 Å². The molecule has 2 saturated carbocycles. The van der Waals surface area contributed by atoms with Crippen LogP contribution in [0, 0.1) is 5.82 Å². The van der Waals surface area contributed by atoms with Gasteiger partial charge in [0.25, 0.3) is 0 Å². The lowest BCUT2D eigenvalue weighted by atomic mass is 9.91. The summed E-state index contributed by atoms with van der Waals surface area (Å²) in [5, 5.41) is 29.0. The van der Waals surface area contributed by atoms with E-state index in [-0.39, 0.29) is 54.8 Å². The standard InChI is InChI=1S/C35H42F4N8O3/c1-2-16-46(33(50)35(37,38)39)26-17-27(30(49)29(26)48)47-19-42-28-31(44-34(45-32(28)47)43-24-14-12-23(40)13-15-24)41-18-25(20-6-4-3-5-7-20)21-8-10-22(36)11-9-21/h3-11,19,23-27,29-30,48-49H,2,12-18,40H2,1H3,(H2,41,43,44,45)/t23?,24?,25?,26-,27+,29+,30-/m0/s1. The maximum atomic E-state index is 13.9. The number of amides is 1. The maximum absolute atomic E-state index is 13.9. The fourth-order valence-electron chi connectivity index (χ4n) is 7.19. The Balaban J connectivity index is 1.35. The van der Waals surface area contributed by atoms with Gasteiger partial charge in [-0.3, -0.25) is 4.79 Å². The molecule has 2 aliphatic rings. The quantitative estimate of drug-likeness (QED) is 0.140. The zero-order chi connectivity index (χ0) is 35.6. The molecule has 0 radical (unpaired) electrons. The summed E-state index contributed by atoms with van der Waals surface area (Å²) in [6, 6.07) is 13.9. The normalized spacial score (nSPS) is 24.6. The second-order valence-corrected chi connectivity index (χ2v) is 13.2. The Labute approximate surface area is 286 Å². The number of aliphatic hydroxyl groups excluding tert-OH is 2. The second-order valence-electron chi connectivity index (χ2n) is 13.2. The number of nitrogens with two attached hydrogens (primary N) is 1. The molecule has 0 saturated heterocycles. The average Bonchev–Trinajstić information content (AvgIpc) is 3.65. The summed E-state index contributed by atoms with van der Waals surface area (Å²) < 4.78 is 56.0. The first-order valence-electron chi connectivity index (χ1n) is 17.0. The number of benzene rings is 2. The highest BCUT2D eigenvalue weighted by molar-refractivity contribution is 5.85. The van der Waals surface area contributed by atoms with Crippen LogP contribution < -0.4 is 16.4 Å². The number of aromatic nitrogens is 4. The average molecular weight is 699 g/mol. The van der Waals surface area contributed by atoms with E-state index in [4.69, 9.17) is 15.7 Å². The molecule has 0 spiro atoms. The number of fused-ring (bicyclic) bond motifs is 1. The van der Waals surface area contributed by atoms with Crippen LogP contribution in [0.4, 0.5) is 29.3 Å². The third-order valence-corrected chi connectivity index (χ3v) is 9.82. The third-order valence-electron chi connectivity index (χ3n) is 9.82. The van der Waals surface area contributed by atoms with Crippen LogP contribution in [-0.4, -0.2) is 90.1 Å². The van der Waals surface area contributed by atoms with Crippen molar-refractivity contribution in [2.45, 2.75) is 93.9 Å². The number of aliphatic hydroxyl groups is 2. The first-order valence-corrected chi connectivity index (χ1v) is 17.0. The van der Waals surface area contributed by atoms with Gasteiger partial charge in [0.2, 0.25) is 5.95 Å². The van der Waals surface area contributed by atoms with Gasteiger partial charge < -0.3 is 36.0 Å². The molecule has 268 valence electrons. The molecule has 2 aromatic carbocycles. The van der Waals surface area contributed by atoms with Gasteiger partial charge in [0, 0.05) is 31.1 Å². The minimum atomic E-state index is -5.14. The number of halogens is 4. The molecule has 5 atom stereocenters. The van der Waals surface area contributed by atoms with E-state index in [9.17, 15) is 32.6 Å².